The molecule has 4 rings (SSSR count). The van der Waals surface area contributed by atoms with Gasteiger partial charge < -0.3 is 10.2 Å². The fourth-order valence-electron chi connectivity index (χ4n) is 3.08. The lowest BCUT2D eigenvalue weighted by Gasteiger charge is -2.13. The van der Waals surface area contributed by atoms with E-state index in [9.17, 15) is 12.8 Å². The van der Waals surface area contributed by atoms with E-state index in [2.05, 4.69) is 30.0 Å². The van der Waals surface area contributed by atoms with Gasteiger partial charge in [-0.05, 0) is 50.5 Å². The van der Waals surface area contributed by atoms with Gasteiger partial charge >= 0.3 is 0 Å². The molecule has 0 aliphatic heterocycles. The van der Waals surface area contributed by atoms with Gasteiger partial charge in [-0.25, -0.2) is 32.7 Å². The summed E-state index contributed by atoms with van der Waals surface area (Å²) in [6.45, 7) is 0.349. The van der Waals surface area contributed by atoms with Gasteiger partial charge in [-0.2, -0.15) is 0 Å². The van der Waals surface area contributed by atoms with Gasteiger partial charge in [0.1, 0.15) is 17.7 Å². The summed E-state index contributed by atoms with van der Waals surface area (Å²) in [6, 6.07) is 9.24. The van der Waals surface area contributed by atoms with Crippen molar-refractivity contribution in [2.75, 3.05) is 36.4 Å². The van der Waals surface area contributed by atoms with E-state index < -0.39 is 15.8 Å². The number of hydrogen-bond acceptors (Lipinski definition) is 8. The maximum Gasteiger partial charge on any atom is 0.234 e. The molecular weight excluding hydrogens is 516 g/mol. The Kier molecular flexibility index (Phi) is 7.31. The zero-order valence-corrected chi connectivity index (χ0v) is 21.0. The van der Waals surface area contributed by atoms with Crippen LogP contribution in [0.1, 0.15) is 0 Å². The summed E-state index contributed by atoms with van der Waals surface area (Å²) in [4.78, 5) is 19.0. The minimum atomic E-state index is -3.64. The molecule has 0 unspecified atom stereocenters. The van der Waals surface area contributed by atoms with Crippen molar-refractivity contribution in [1.29, 1.82) is 0 Å². The average molecular weight is 536 g/mol. The predicted molar refractivity (Wildman–Crippen MR) is 136 cm³/mol. The minimum Gasteiger partial charge on any atom is -0.338 e. The molecule has 3 aromatic heterocycles. The molecule has 0 radical (unpaired) electrons. The Hall–Kier alpha value is -3.12. The number of fused-ring (bicyclic) bond motifs is 1. The van der Waals surface area contributed by atoms with Crippen LogP contribution in [0.25, 0.3) is 22.3 Å². The molecule has 0 fully saturated rings. The predicted octanol–water partition coefficient (Wildman–Crippen LogP) is 4.58. The van der Waals surface area contributed by atoms with Crippen LogP contribution in [-0.2, 0) is 10.0 Å². The Morgan fingerprint density at radius 3 is 2.60 bits per heavy atom. The minimum absolute atomic E-state index is 0.0156. The maximum absolute atomic E-state index is 13.5. The summed E-state index contributed by atoms with van der Waals surface area (Å²) in [7, 11) is -0.0672. The first kappa shape index (κ1) is 25.0. The van der Waals surface area contributed by atoms with Gasteiger partial charge in [0.2, 0.25) is 10.0 Å². The number of halogens is 3. The van der Waals surface area contributed by atoms with Crippen molar-refractivity contribution in [2.24, 2.45) is 0 Å². The van der Waals surface area contributed by atoms with Gasteiger partial charge in [0.25, 0.3) is 0 Å². The molecular formula is C22H20Cl2FN7O2S. The van der Waals surface area contributed by atoms with E-state index in [0.29, 0.717) is 40.3 Å². The first-order chi connectivity index (χ1) is 16.6. The fourth-order valence-corrected chi connectivity index (χ4v) is 4.67. The van der Waals surface area contributed by atoms with Gasteiger partial charge in [0.15, 0.2) is 11.0 Å². The molecule has 2 N–H and O–H groups in total. The molecule has 0 saturated heterocycles. The molecule has 0 bridgehead atoms. The molecule has 0 atom stereocenters. The zero-order chi connectivity index (χ0) is 25.2. The van der Waals surface area contributed by atoms with Gasteiger partial charge in [-0.3, -0.25) is 4.72 Å². The summed E-state index contributed by atoms with van der Waals surface area (Å²) < 4.78 is 40.9. The first-order valence-electron chi connectivity index (χ1n) is 10.3. The Bertz CT molecular complexity index is 1500. The number of nitrogens with zero attached hydrogens (tertiary/aromatic N) is 5. The van der Waals surface area contributed by atoms with Crippen LogP contribution in [0.5, 0.6) is 0 Å². The van der Waals surface area contributed by atoms with E-state index in [1.807, 2.05) is 0 Å². The molecule has 4 aromatic rings. The van der Waals surface area contributed by atoms with Crippen LogP contribution in [0.3, 0.4) is 0 Å². The number of hydrogen-bond donors (Lipinski definition) is 2. The van der Waals surface area contributed by atoms with E-state index in [4.69, 9.17) is 23.2 Å². The lowest BCUT2D eigenvalue weighted by molar-refractivity contribution is 0.432. The van der Waals surface area contributed by atoms with E-state index in [1.54, 1.807) is 37.2 Å². The highest BCUT2D eigenvalue weighted by Crippen LogP contribution is 2.30. The number of rotatable bonds is 8. The van der Waals surface area contributed by atoms with Crippen molar-refractivity contribution in [2.45, 2.75) is 0 Å². The molecule has 9 nitrogen and oxygen atoms in total. The molecule has 0 saturated carbocycles. The monoisotopic (exact) mass is 535 g/mol. The smallest absolute Gasteiger partial charge is 0.234 e. The number of nitrogens with one attached hydrogen (secondary N) is 2. The second kappa shape index (κ2) is 10.2. The second-order valence-electron chi connectivity index (χ2n) is 7.83. The maximum atomic E-state index is 13.5. The number of sulfonamides is 1. The van der Waals surface area contributed by atoms with Crippen LogP contribution in [0, 0.1) is 5.82 Å². The number of benzene rings is 1. The Balaban J connectivity index is 1.68. The zero-order valence-electron chi connectivity index (χ0n) is 18.6. The molecule has 3 heterocycles. The lowest BCUT2D eigenvalue weighted by atomic mass is 10.1. The highest BCUT2D eigenvalue weighted by atomic mass is 35.5. The van der Waals surface area contributed by atoms with E-state index >= 15 is 0 Å². The van der Waals surface area contributed by atoms with E-state index in [-0.39, 0.29) is 21.6 Å². The summed E-state index contributed by atoms with van der Waals surface area (Å²) in [5.41, 5.74) is 2.69. The third kappa shape index (κ3) is 6.12. The van der Waals surface area contributed by atoms with Crippen LogP contribution in [-0.4, -0.2) is 59.6 Å². The highest BCUT2D eigenvalue weighted by Gasteiger charge is 2.16. The SMILES string of the molecule is CN(C)CCS(=O)(=O)Nc1cc(-c2ccc3ncnc(Nc4ccc(F)c(Cl)c4)c3n2)cnc1Cl. The summed E-state index contributed by atoms with van der Waals surface area (Å²) in [6.07, 6.45) is 2.87. The summed E-state index contributed by atoms with van der Waals surface area (Å²) in [5, 5.41) is 3.05. The topological polar surface area (TPSA) is 113 Å². The van der Waals surface area contributed by atoms with Gasteiger partial charge in [-0.1, -0.05) is 23.2 Å². The number of anilines is 3. The molecule has 0 aliphatic rings. The Labute approximate surface area is 211 Å². The molecule has 35 heavy (non-hydrogen) atoms. The third-order valence-electron chi connectivity index (χ3n) is 4.87. The van der Waals surface area contributed by atoms with Crippen LogP contribution in [0.15, 0.2) is 48.9 Å². The Morgan fingerprint density at radius 1 is 1.06 bits per heavy atom. The fraction of sp³-hybridized carbons (Fsp3) is 0.182. The average Bonchev–Trinajstić information content (AvgIpc) is 2.81. The molecule has 0 amide bonds. The molecule has 0 spiro atoms. The Morgan fingerprint density at radius 2 is 1.86 bits per heavy atom. The van der Waals surface area contributed by atoms with Gasteiger partial charge in [0.05, 0.1) is 27.7 Å². The van der Waals surface area contributed by atoms with E-state index in [0.717, 1.165) is 0 Å². The number of aromatic nitrogens is 4. The quantitative estimate of drug-likeness (QED) is 0.315. The molecule has 13 heteroatoms. The number of pyridine rings is 2. The standard InChI is InChI=1S/C22H20Cl2FN7O2S/c1-32(2)7-8-35(33,34)31-19-9-13(11-26-21(19)24)17-5-6-18-20(30-17)22(28-12-27-18)29-14-3-4-16(25)15(23)10-14/h3-6,9-12,31H,7-8H2,1-2H3,(H,27,28,29). The lowest BCUT2D eigenvalue weighted by Crippen LogP contribution is -2.26. The van der Waals surface area contributed by atoms with Crippen LogP contribution in [0.2, 0.25) is 10.2 Å². The normalized spacial score (nSPS) is 11.7. The molecule has 1 aromatic carbocycles. The second-order valence-corrected chi connectivity index (χ2v) is 10.4. The van der Waals surface area contributed by atoms with Crippen molar-refractivity contribution in [3.8, 4) is 11.3 Å². The van der Waals surface area contributed by atoms with Crippen molar-refractivity contribution in [3.05, 3.63) is 64.9 Å². The molecule has 0 aliphatic carbocycles. The van der Waals surface area contributed by atoms with Crippen molar-refractivity contribution >= 4 is 61.5 Å². The molecule has 182 valence electrons. The van der Waals surface area contributed by atoms with E-state index in [1.165, 1.54) is 30.7 Å². The van der Waals surface area contributed by atoms with Crippen LogP contribution >= 0.6 is 23.2 Å². The first-order valence-corrected chi connectivity index (χ1v) is 12.7. The van der Waals surface area contributed by atoms with Crippen molar-refractivity contribution in [1.82, 2.24) is 24.8 Å². The van der Waals surface area contributed by atoms with Crippen LogP contribution in [0.4, 0.5) is 21.6 Å². The highest BCUT2D eigenvalue weighted by molar-refractivity contribution is 7.92. The summed E-state index contributed by atoms with van der Waals surface area (Å²) in [5.74, 6) is -0.256. The van der Waals surface area contributed by atoms with Crippen molar-refractivity contribution in [3.63, 3.8) is 0 Å². The van der Waals surface area contributed by atoms with Crippen molar-refractivity contribution < 1.29 is 12.8 Å². The van der Waals surface area contributed by atoms with Gasteiger partial charge in [-0.15, -0.1) is 0 Å². The van der Waals surface area contributed by atoms with Crippen LogP contribution < -0.4 is 10.0 Å². The largest absolute Gasteiger partial charge is 0.338 e. The third-order valence-corrected chi connectivity index (χ3v) is 6.71. The summed E-state index contributed by atoms with van der Waals surface area (Å²) >= 11 is 12.0. The van der Waals surface area contributed by atoms with Gasteiger partial charge in [0, 0.05) is 24.0 Å².